The number of carbonyl (C=O) groups excluding carboxylic acids is 3. The maximum absolute atomic E-state index is 11.8. The predicted octanol–water partition coefficient (Wildman–Crippen LogP) is 1.48. The van der Waals surface area contributed by atoms with Crippen LogP contribution in [0.2, 0.25) is 0 Å². The molecule has 0 aliphatic heterocycles. The highest BCUT2D eigenvalue weighted by Gasteiger charge is 2.10. The summed E-state index contributed by atoms with van der Waals surface area (Å²) in [6, 6.07) is 14.5. The summed E-state index contributed by atoms with van der Waals surface area (Å²) in [4.78, 5) is 34.9. The van der Waals surface area contributed by atoms with Crippen molar-refractivity contribution in [2.75, 3.05) is 25.6 Å². The quantitative estimate of drug-likeness (QED) is 0.716. The zero-order chi connectivity index (χ0) is 19.6. The van der Waals surface area contributed by atoms with Gasteiger partial charge in [-0.1, -0.05) is 0 Å². The van der Waals surface area contributed by atoms with E-state index < -0.39 is 18.5 Å². The van der Waals surface area contributed by atoms with Crippen LogP contribution in [-0.2, 0) is 14.3 Å². The number of rotatable bonds is 7. The zero-order valence-corrected chi connectivity index (χ0v) is 14.5. The van der Waals surface area contributed by atoms with Crippen molar-refractivity contribution < 1.29 is 23.9 Å². The molecule has 0 bridgehead atoms. The molecule has 2 N–H and O–H groups in total. The third-order valence-electron chi connectivity index (χ3n) is 3.36. The fourth-order valence-electron chi connectivity index (χ4n) is 2.00. The summed E-state index contributed by atoms with van der Waals surface area (Å²) in [5, 5.41) is 13.7. The number of benzene rings is 2. The Morgan fingerprint density at radius 3 is 2.26 bits per heavy atom. The highest BCUT2D eigenvalue weighted by atomic mass is 16.6. The van der Waals surface area contributed by atoms with Crippen LogP contribution in [-0.4, -0.2) is 38.0 Å². The van der Waals surface area contributed by atoms with Crippen LogP contribution in [0.15, 0.2) is 48.5 Å². The van der Waals surface area contributed by atoms with Gasteiger partial charge >= 0.3 is 5.97 Å². The lowest BCUT2D eigenvalue weighted by Gasteiger charge is -2.08. The second kappa shape index (κ2) is 9.58. The molecular weight excluding hydrogens is 350 g/mol. The molecule has 8 nitrogen and oxygen atoms in total. The van der Waals surface area contributed by atoms with Crippen LogP contribution in [0.25, 0.3) is 0 Å². The van der Waals surface area contributed by atoms with Gasteiger partial charge in [0.1, 0.15) is 5.75 Å². The average molecular weight is 367 g/mol. The van der Waals surface area contributed by atoms with Crippen molar-refractivity contribution in [3.63, 3.8) is 0 Å². The third-order valence-corrected chi connectivity index (χ3v) is 3.36. The van der Waals surface area contributed by atoms with E-state index in [1.54, 1.807) is 48.5 Å². The van der Waals surface area contributed by atoms with Crippen molar-refractivity contribution in [2.24, 2.45) is 0 Å². The molecule has 138 valence electrons. The van der Waals surface area contributed by atoms with Crippen LogP contribution >= 0.6 is 0 Å². The Bertz CT molecular complexity index is 854. The van der Waals surface area contributed by atoms with Crippen molar-refractivity contribution in [1.82, 2.24) is 5.32 Å². The molecule has 0 heterocycles. The molecule has 0 spiro atoms. The van der Waals surface area contributed by atoms with Crippen molar-refractivity contribution in [1.29, 1.82) is 5.26 Å². The monoisotopic (exact) mass is 367 g/mol. The number of hydrogen-bond acceptors (Lipinski definition) is 6. The van der Waals surface area contributed by atoms with Gasteiger partial charge in [-0.2, -0.15) is 5.26 Å². The summed E-state index contributed by atoms with van der Waals surface area (Å²) in [5.74, 6) is -1.05. The van der Waals surface area contributed by atoms with Crippen molar-refractivity contribution >= 4 is 23.5 Å². The van der Waals surface area contributed by atoms with E-state index in [0.29, 0.717) is 22.6 Å². The molecule has 2 aromatic rings. The lowest BCUT2D eigenvalue weighted by Crippen LogP contribution is -2.23. The van der Waals surface area contributed by atoms with Gasteiger partial charge < -0.3 is 20.1 Å². The van der Waals surface area contributed by atoms with Crippen LogP contribution < -0.4 is 15.4 Å². The summed E-state index contributed by atoms with van der Waals surface area (Å²) in [5.41, 5.74) is 1.41. The highest BCUT2D eigenvalue weighted by Crippen LogP contribution is 2.12. The molecule has 2 aromatic carbocycles. The molecule has 0 saturated carbocycles. The molecule has 0 unspecified atom stereocenters. The molecule has 2 amide bonds. The van der Waals surface area contributed by atoms with E-state index in [2.05, 4.69) is 10.6 Å². The Hall–Kier alpha value is -3.86. The van der Waals surface area contributed by atoms with Crippen LogP contribution in [0.5, 0.6) is 5.75 Å². The molecule has 0 saturated heterocycles. The topological polar surface area (TPSA) is 118 Å². The van der Waals surface area contributed by atoms with Gasteiger partial charge in [0.15, 0.2) is 13.2 Å². The number of ether oxygens (including phenoxy) is 2. The molecule has 0 fully saturated rings. The van der Waals surface area contributed by atoms with Gasteiger partial charge in [0.25, 0.3) is 11.8 Å². The number of esters is 1. The lowest BCUT2D eigenvalue weighted by molar-refractivity contribution is -0.149. The van der Waals surface area contributed by atoms with Crippen molar-refractivity contribution in [3.8, 4) is 11.8 Å². The van der Waals surface area contributed by atoms with Crippen LogP contribution in [0.1, 0.15) is 15.9 Å². The Morgan fingerprint density at radius 1 is 1.00 bits per heavy atom. The van der Waals surface area contributed by atoms with Crippen molar-refractivity contribution in [3.05, 3.63) is 59.7 Å². The first-order chi connectivity index (χ1) is 13.0. The molecule has 0 aliphatic rings. The van der Waals surface area contributed by atoms with E-state index >= 15 is 0 Å². The van der Waals surface area contributed by atoms with Gasteiger partial charge in [0.05, 0.1) is 11.6 Å². The largest absolute Gasteiger partial charge is 0.482 e. The second-order valence-corrected chi connectivity index (χ2v) is 5.29. The van der Waals surface area contributed by atoms with Crippen LogP contribution in [0.4, 0.5) is 5.69 Å². The van der Waals surface area contributed by atoms with Gasteiger partial charge in [-0.05, 0) is 48.5 Å². The number of nitrogens with one attached hydrogen (secondary N) is 2. The number of nitrogens with zero attached hydrogens (tertiary/aromatic N) is 1. The van der Waals surface area contributed by atoms with E-state index in [4.69, 9.17) is 14.7 Å². The van der Waals surface area contributed by atoms with Crippen LogP contribution in [0.3, 0.4) is 0 Å². The molecule has 8 heteroatoms. The van der Waals surface area contributed by atoms with E-state index in [9.17, 15) is 14.4 Å². The number of amides is 2. The summed E-state index contributed by atoms with van der Waals surface area (Å²) < 4.78 is 10.0. The van der Waals surface area contributed by atoms with Crippen LogP contribution in [0, 0.1) is 11.3 Å². The molecular formula is C19H17N3O5. The Morgan fingerprint density at radius 2 is 1.67 bits per heavy atom. The maximum atomic E-state index is 11.8. The predicted molar refractivity (Wildman–Crippen MR) is 96.1 cm³/mol. The number of carbonyl (C=O) groups is 3. The van der Waals surface area contributed by atoms with Gasteiger partial charge in [-0.25, -0.2) is 4.79 Å². The first kappa shape index (κ1) is 19.5. The Labute approximate surface area is 155 Å². The van der Waals surface area contributed by atoms with E-state index in [1.165, 1.54) is 7.05 Å². The number of hydrogen-bond donors (Lipinski definition) is 2. The lowest BCUT2D eigenvalue weighted by atomic mass is 10.2. The molecule has 0 radical (unpaired) electrons. The first-order valence-corrected chi connectivity index (χ1v) is 7.92. The summed E-state index contributed by atoms with van der Waals surface area (Å²) in [6.07, 6.45) is 0. The number of nitriles is 1. The minimum Gasteiger partial charge on any atom is -0.482 e. The fraction of sp³-hybridized carbons (Fsp3) is 0.158. The van der Waals surface area contributed by atoms with Gasteiger partial charge in [0.2, 0.25) is 0 Å². The average Bonchev–Trinajstić information content (AvgIpc) is 2.71. The summed E-state index contributed by atoms with van der Waals surface area (Å²) in [7, 11) is 1.53. The minimum atomic E-state index is -0.704. The van der Waals surface area contributed by atoms with E-state index in [1.807, 2.05) is 6.07 Å². The molecule has 27 heavy (non-hydrogen) atoms. The van der Waals surface area contributed by atoms with E-state index in [0.717, 1.165) is 0 Å². The SMILES string of the molecule is CNC(=O)c1ccc(NC(=O)COC(=O)COc2ccc(C#N)cc2)cc1. The Kier molecular flexibility index (Phi) is 6.91. The van der Waals surface area contributed by atoms with Gasteiger partial charge in [-0.3, -0.25) is 9.59 Å². The van der Waals surface area contributed by atoms with Crippen molar-refractivity contribution in [2.45, 2.75) is 0 Å². The summed E-state index contributed by atoms with van der Waals surface area (Å²) >= 11 is 0. The minimum absolute atomic E-state index is 0.232. The van der Waals surface area contributed by atoms with Gasteiger partial charge in [-0.15, -0.1) is 0 Å². The van der Waals surface area contributed by atoms with E-state index in [-0.39, 0.29) is 12.5 Å². The smallest absolute Gasteiger partial charge is 0.344 e. The standard InChI is InChI=1S/C19H17N3O5/c1-21-19(25)14-4-6-15(7-5-14)22-17(23)11-27-18(24)12-26-16-8-2-13(10-20)3-9-16/h2-9H,11-12H2,1H3,(H,21,25)(H,22,23). The maximum Gasteiger partial charge on any atom is 0.344 e. The summed E-state index contributed by atoms with van der Waals surface area (Å²) in [6.45, 7) is -0.827. The third kappa shape index (κ3) is 6.17. The normalized spacial score (nSPS) is 9.63. The fourth-order valence-corrected chi connectivity index (χ4v) is 2.00. The molecule has 0 atom stereocenters. The molecule has 0 aromatic heterocycles. The molecule has 2 rings (SSSR count). The van der Waals surface area contributed by atoms with Gasteiger partial charge in [0, 0.05) is 18.3 Å². The molecule has 0 aliphatic carbocycles. The Balaban J connectivity index is 1.73. The second-order valence-electron chi connectivity index (χ2n) is 5.29. The zero-order valence-electron chi connectivity index (χ0n) is 14.5. The first-order valence-electron chi connectivity index (χ1n) is 7.92. The number of anilines is 1. The highest BCUT2D eigenvalue weighted by molar-refractivity contribution is 5.96.